The first kappa shape index (κ1) is 17.6. The van der Waals surface area contributed by atoms with Crippen LogP contribution < -0.4 is 0 Å². The minimum Gasteiger partial charge on any atom is -0.451 e. The summed E-state index contributed by atoms with van der Waals surface area (Å²) >= 11 is 0. The lowest BCUT2D eigenvalue weighted by Gasteiger charge is -2.41. The lowest BCUT2D eigenvalue weighted by molar-refractivity contribution is 0.0678. The summed E-state index contributed by atoms with van der Waals surface area (Å²) in [6.45, 7) is 1.14. The zero-order chi connectivity index (χ0) is 19.8. The van der Waals surface area contributed by atoms with E-state index >= 15 is 0 Å². The molecule has 6 nitrogen and oxygen atoms in total. The summed E-state index contributed by atoms with van der Waals surface area (Å²) in [7, 11) is 0. The van der Waals surface area contributed by atoms with Crippen molar-refractivity contribution in [3.8, 4) is 0 Å². The van der Waals surface area contributed by atoms with Crippen molar-refractivity contribution >= 4 is 11.6 Å². The summed E-state index contributed by atoms with van der Waals surface area (Å²) in [6.07, 6.45) is 7.41. The van der Waals surface area contributed by atoms with Crippen LogP contribution in [0.15, 0.2) is 71.9 Å². The first-order valence-electron chi connectivity index (χ1n) is 9.53. The summed E-state index contributed by atoms with van der Waals surface area (Å²) in [6, 6.07) is 13.3. The van der Waals surface area contributed by atoms with Gasteiger partial charge in [0.25, 0.3) is 5.91 Å². The highest BCUT2D eigenvalue weighted by Crippen LogP contribution is 2.41. The van der Waals surface area contributed by atoms with E-state index in [9.17, 15) is 9.18 Å². The van der Waals surface area contributed by atoms with Crippen molar-refractivity contribution < 1.29 is 13.6 Å². The summed E-state index contributed by atoms with van der Waals surface area (Å²) < 4.78 is 20.3. The monoisotopic (exact) mass is 390 g/mol. The molecule has 0 atom stereocenters. The van der Waals surface area contributed by atoms with Crippen LogP contribution >= 0.6 is 0 Å². The van der Waals surface area contributed by atoms with E-state index < -0.39 is 0 Å². The Kier molecular flexibility index (Phi) is 4.16. The smallest absolute Gasteiger partial charge is 0.275 e. The number of oxazole rings is 1. The highest BCUT2D eigenvalue weighted by Gasteiger charge is 2.41. The fourth-order valence-corrected chi connectivity index (χ4v) is 4.22. The number of hydrogen-bond acceptors (Lipinski definition) is 4. The molecule has 1 amide bonds. The number of imidazole rings is 1. The van der Waals surface area contributed by atoms with Crippen LogP contribution in [0, 0.1) is 5.82 Å². The van der Waals surface area contributed by atoms with Crippen molar-refractivity contribution in [1.82, 2.24) is 19.3 Å². The van der Waals surface area contributed by atoms with Gasteiger partial charge in [-0.25, -0.2) is 14.4 Å². The van der Waals surface area contributed by atoms with E-state index in [1.54, 1.807) is 15.4 Å². The van der Waals surface area contributed by atoms with E-state index in [-0.39, 0.29) is 17.1 Å². The Morgan fingerprint density at radius 1 is 1.07 bits per heavy atom. The topological polar surface area (TPSA) is 63.6 Å². The molecular formula is C22H19FN4O2. The van der Waals surface area contributed by atoms with Gasteiger partial charge >= 0.3 is 0 Å². The van der Waals surface area contributed by atoms with Crippen molar-refractivity contribution in [3.63, 3.8) is 0 Å². The third-order valence-electron chi connectivity index (χ3n) is 5.79. The summed E-state index contributed by atoms with van der Waals surface area (Å²) in [4.78, 5) is 23.2. The molecule has 4 heterocycles. The highest BCUT2D eigenvalue weighted by molar-refractivity contribution is 5.92. The Bertz CT molecular complexity index is 1150. The van der Waals surface area contributed by atoms with E-state index in [0.717, 1.165) is 11.3 Å². The normalized spacial score (nSPS) is 16.2. The maximum absolute atomic E-state index is 13.7. The minimum atomic E-state index is -0.343. The van der Waals surface area contributed by atoms with Gasteiger partial charge in [-0.2, -0.15) is 0 Å². The summed E-state index contributed by atoms with van der Waals surface area (Å²) in [5.74, 6) is -0.430. The van der Waals surface area contributed by atoms with Crippen LogP contribution in [0.1, 0.15) is 34.6 Å². The fourth-order valence-electron chi connectivity index (χ4n) is 4.22. The number of halogens is 1. The van der Waals surface area contributed by atoms with Crippen LogP contribution in [-0.2, 0) is 5.41 Å². The minimum absolute atomic E-state index is 0.127. The number of piperidine rings is 1. The summed E-state index contributed by atoms with van der Waals surface area (Å²) in [5.41, 5.74) is 2.73. The molecule has 0 bridgehead atoms. The molecule has 1 aromatic carbocycles. The van der Waals surface area contributed by atoms with Gasteiger partial charge < -0.3 is 13.7 Å². The molecule has 29 heavy (non-hydrogen) atoms. The third-order valence-corrected chi connectivity index (χ3v) is 5.79. The number of rotatable bonds is 3. The molecular weight excluding hydrogens is 371 g/mol. The second kappa shape index (κ2) is 6.84. The molecule has 1 aliphatic rings. The molecule has 0 N–H and O–H groups in total. The van der Waals surface area contributed by atoms with Crippen LogP contribution in [0.3, 0.4) is 0 Å². The number of carbonyl (C=O) groups excluding carboxylic acids is 1. The van der Waals surface area contributed by atoms with E-state index in [2.05, 4.69) is 17.1 Å². The fraction of sp³-hybridized carbons (Fsp3) is 0.227. The molecule has 1 fully saturated rings. The molecule has 1 saturated heterocycles. The molecule has 5 rings (SSSR count). The van der Waals surface area contributed by atoms with E-state index in [0.29, 0.717) is 37.3 Å². The number of hydrogen-bond donors (Lipinski definition) is 0. The number of likely N-dealkylation sites (tertiary alicyclic amines) is 1. The molecule has 1 aliphatic heterocycles. The molecule has 146 valence electrons. The van der Waals surface area contributed by atoms with Gasteiger partial charge in [0, 0.05) is 30.9 Å². The standard InChI is InChI=1S/C22H19FN4O2/c23-17-6-7-20-25-19(13-27(20)12-17)22(16-4-2-1-3-5-16)8-10-26(11-9-22)21(28)18-14-29-15-24-18/h1-7,12-15H,8-11H2. The van der Waals surface area contributed by atoms with Crippen molar-refractivity contribution in [2.75, 3.05) is 13.1 Å². The number of aromatic nitrogens is 3. The van der Waals surface area contributed by atoms with E-state index in [1.807, 2.05) is 24.4 Å². The van der Waals surface area contributed by atoms with Crippen LogP contribution in [0.5, 0.6) is 0 Å². The molecule has 0 spiro atoms. The predicted octanol–water partition coefficient (Wildman–Crippen LogP) is 3.68. The zero-order valence-corrected chi connectivity index (χ0v) is 15.7. The number of amides is 1. The SMILES string of the molecule is O=C(c1cocn1)N1CCC(c2ccccc2)(c2cn3cc(F)ccc3n2)CC1. The van der Waals surface area contributed by atoms with Crippen LogP contribution in [0.2, 0.25) is 0 Å². The molecule has 0 radical (unpaired) electrons. The van der Waals surface area contributed by atoms with Gasteiger partial charge in [-0.1, -0.05) is 30.3 Å². The van der Waals surface area contributed by atoms with E-state index in [1.165, 1.54) is 24.9 Å². The Hall–Kier alpha value is -3.48. The number of carbonyl (C=O) groups is 1. The maximum Gasteiger partial charge on any atom is 0.275 e. The predicted molar refractivity (Wildman–Crippen MR) is 104 cm³/mol. The highest BCUT2D eigenvalue weighted by atomic mass is 19.1. The second-order valence-electron chi connectivity index (χ2n) is 7.35. The van der Waals surface area contributed by atoms with Crippen molar-refractivity contribution in [1.29, 1.82) is 0 Å². The number of benzene rings is 1. The number of pyridine rings is 1. The van der Waals surface area contributed by atoms with Gasteiger partial charge in [0.2, 0.25) is 0 Å². The van der Waals surface area contributed by atoms with Crippen molar-refractivity contribution in [2.45, 2.75) is 18.3 Å². The maximum atomic E-state index is 13.7. The lowest BCUT2D eigenvalue weighted by Crippen LogP contribution is -2.46. The molecule has 0 aliphatic carbocycles. The van der Waals surface area contributed by atoms with Gasteiger partial charge in [0.05, 0.1) is 5.69 Å². The Morgan fingerprint density at radius 2 is 1.86 bits per heavy atom. The largest absolute Gasteiger partial charge is 0.451 e. The Labute approximate surface area is 166 Å². The van der Waals surface area contributed by atoms with Gasteiger partial charge in [-0.05, 0) is 30.5 Å². The first-order valence-corrected chi connectivity index (χ1v) is 9.53. The van der Waals surface area contributed by atoms with Gasteiger partial charge in [-0.3, -0.25) is 4.79 Å². The molecule has 0 saturated carbocycles. The first-order chi connectivity index (χ1) is 14.2. The average molecular weight is 390 g/mol. The van der Waals surface area contributed by atoms with Crippen molar-refractivity contribution in [2.24, 2.45) is 0 Å². The quantitative estimate of drug-likeness (QED) is 0.535. The van der Waals surface area contributed by atoms with Crippen LogP contribution in [0.25, 0.3) is 5.65 Å². The summed E-state index contributed by atoms with van der Waals surface area (Å²) in [5, 5.41) is 0. The zero-order valence-electron chi connectivity index (χ0n) is 15.7. The van der Waals surface area contributed by atoms with Gasteiger partial charge in [0.1, 0.15) is 17.7 Å². The molecule has 7 heteroatoms. The Balaban J connectivity index is 1.52. The molecule has 0 unspecified atom stereocenters. The van der Waals surface area contributed by atoms with Crippen LogP contribution in [0.4, 0.5) is 4.39 Å². The van der Waals surface area contributed by atoms with Gasteiger partial charge in [-0.15, -0.1) is 0 Å². The number of nitrogens with zero attached hydrogens (tertiary/aromatic N) is 4. The Morgan fingerprint density at radius 3 is 2.59 bits per heavy atom. The average Bonchev–Trinajstić information content (AvgIpc) is 3.44. The number of fused-ring (bicyclic) bond motifs is 1. The molecule has 4 aromatic rings. The van der Waals surface area contributed by atoms with Gasteiger partial charge in [0.15, 0.2) is 12.1 Å². The van der Waals surface area contributed by atoms with Crippen LogP contribution in [-0.4, -0.2) is 38.3 Å². The molecule has 3 aromatic heterocycles. The van der Waals surface area contributed by atoms with Crippen molar-refractivity contribution in [3.05, 3.63) is 90.3 Å². The third kappa shape index (κ3) is 2.99. The second-order valence-corrected chi connectivity index (χ2v) is 7.35. The lowest BCUT2D eigenvalue weighted by atomic mass is 9.70. The van der Waals surface area contributed by atoms with E-state index in [4.69, 9.17) is 9.40 Å².